The molecule has 13 heavy (non-hydrogen) atoms. The van der Waals surface area contributed by atoms with E-state index in [1.54, 1.807) is 21.6 Å². The highest BCUT2D eigenvalue weighted by molar-refractivity contribution is 8.76. The number of halogens is 1. The lowest BCUT2D eigenvalue weighted by molar-refractivity contribution is 1.25. The fourth-order valence-electron chi connectivity index (χ4n) is 0.980. The molecule has 0 amide bonds. The van der Waals surface area contributed by atoms with Crippen molar-refractivity contribution in [2.75, 3.05) is 11.7 Å². The molecule has 1 aromatic carbocycles. The quantitative estimate of drug-likeness (QED) is 0.478. The Bertz CT molecular complexity index is 304. The molecule has 0 heterocycles. The molecule has 2 nitrogen and oxygen atoms in total. The molecule has 1 rings (SSSR count). The molecule has 0 spiro atoms. The molecule has 0 unspecified atom stereocenters. The summed E-state index contributed by atoms with van der Waals surface area (Å²) in [7, 11) is 3.37. The van der Waals surface area contributed by atoms with E-state index >= 15 is 0 Å². The van der Waals surface area contributed by atoms with E-state index in [4.69, 9.17) is 17.4 Å². The normalized spacial score (nSPS) is 10.2. The van der Waals surface area contributed by atoms with Crippen molar-refractivity contribution in [3.63, 3.8) is 0 Å². The van der Waals surface area contributed by atoms with E-state index in [-0.39, 0.29) is 0 Å². The molecule has 3 N–H and O–H groups in total. The van der Waals surface area contributed by atoms with E-state index < -0.39 is 0 Å². The van der Waals surface area contributed by atoms with Gasteiger partial charge in [0.2, 0.25) is 0 Å². The second kappa shape index (κ2) is 5.00. The topological polar surface area (TPSA) is 38.0 Å². The summed E-state index contributed by atoms with van der Waals surface area (Å²) in [6, 6.07) is 3.76. The highest BCUT2D eigenvalue weighted by Crippen LogP contribution is 2.36. The SMILES string of the molecule is CSSc1cc(Cl)cc(NN)c1C. The number of nitrogens with two attached hydrogens (primary N) is 1. The van der Waals surface area contributed by atoms with Crippen LogP contribution < -0.4 is 11.3 Å². The highest BCUT2D eigenvalue weighted by atomic mass is 35.5. The van der Waals surface area contributed by atoms with Gasteiger partial charge in [-0.3, -0.25) is 5.84 Å². The Morgan fingerprint density at radius 2 is 2.15 bits per heavy atom. The molecule has 72 valence electrons. The van der Waals surface area contributed by atoms with Gasteiger partial charge in [0.05, 0.1) is 5.69 Å². The van der Waals surface area contributed by atoms with Gasteiger partial charge in [0.25, 0.3) is 0 Å². The van der Waals surface area contributed by atoms with E-state index in [1.165, 1.54) is 0 Å². The van der Waals surface area contributed by atoms with E-state index in [2.05, 4.69) is 5.43 Å². The molecule has 0 aliphatic heterocycles. The van der Waals surface area contributed by atoms with Crippen LogP contribution in [0.5, 0.6) is 0 Å². The van der Waals surface area contributed by atoms with Crippen LogP contribution in [0.3, 0.4) is 0 Å². The third-order valence-electron chi connectivity index (χ3n) is 1.65. The maximum atomic E-state index is 5.92. The predicted octanol–water partition coefficient (Wildman–Crippen LogP) is 3.30. The van der Waals surface area contributed by atoms with Gasteiger partial charge in [0.15, 0.2) is 0 Å². The molecule has 0 saturated heterocycles. The Balaban J connectivity index is 3.11. The number of benzene rings is 1. The van der Waals surface area contributed by atoms with Crippen molar-refractivity contribution in [1.82, 2.24) is 0 Å². The summed E-state index contributed by atoms with van der Waals surface area (Å²) in [5.74, 6) is 5.36. The first-order chi connectivity index (χ1) is 6.19. The zero-order chi connectivity index (χ0) is 9.84. The number of anilines is 1. The highest BCUT2D eigenvalue weighted by Gasteiger charge is 2.05. The number of hydrogen-bond acceptors (Lipinski definition) is 4. The Labute approximate surface area is 91.0 Å². The molecule has 0 aliphatic rings. The van der Waals surface area contributed by atoms with Crippen molar-refractivity contribution >= 4 is 38.9 Å². The molecule has 0 bridgehead atoms. The summed E-state index contributed by atoms with van der Waals surface area (Å²) in [4.78, 5) is 1.15. The van der Waals surface area contributed by atoms with Crippen LogP contribution in [0, 0.1) is 6.92 Å². The maximum absolute atomic E-state index is 5.92. The van der Waals surface area contributed by atoms with Gasteiger partial charge in [-0.1, -0.05) is 33.2 Å². The fraction of sp³-hybridized carbons (Fsp3) is 0.250. The smallest absolute Gasteiger partial charge is 0.0540 e. The summed E-state index contributed by atoms with van der Waals surface area (Å²) in [6.07, 6.45) is 2.03. The second-order valence-corrected chi connectivity index (χ2v) is 5.35. The zero-order valence-corrected chi connectivity index (χ0v) is 9.82. The molecule has 0 atom stereocenters. The Morgan fingerprint density at radius 1 is 1.46 bits per heavy atom. The van der Waals surface area contributed by atoms with Crippen molar-refractivity contribution in [2.45, 2.75) is 11.8 Å². The van der Waals surface area contributed by atoms with Gasteiger partial charge in [-0.25, -0.2) is 0 Å². The number of hydrazine groups is 1. The Hall–Kier alpha value is -0.0300. The lowest BCUT2D eigenvalue weighted by atomic mass is 10.2. The van der Waals surface area contributed by atoms with Gasteiger partial charge in [-0.2, -0.15) is 0 Å². The van der Waals surface area contributed by atoms with Crippen LogP contribution in [0.15, 0.2) is 17.0 Å². The minimum atomic E-state index is 0.704. The third kappa shape index (κ3) is 2.71. The van der Waals surface area contributed by atoms with E-state index in [0.717, 1.165) is 16.1 Å². The van der Waals surface area contributed by atoms with E-state index in [0.29, 0.717) is 5.02 Å². The van der Waals surface area contributed by atoms with Crippen LogP contribution in [-0.2, 0) is 0 Å². The lowest BCUT2D eigenvalue weighted by Gasteiger charge is -2.09. The van der Waals surface area contributed by atoms with Gasteiger partial charge in [-0.05, 0) is 30.9 Å². The first-order valence-corrected chi connectivity index (χ1v) is 6.60. The fourth-order valence-corrected chi connectivity index (χ4v) is 2.91. The Kier molecular flexibility index (Phi) is 4.25. The van der Waals surface area contributed by atoms with Crippen LogP contribution in [0.4, 0.5) is 5.69 Å². The first-order valence-electron chi connectivity index (χ1n) is 3.66. The monoisotopic (exact) mass is 234 g/mol. The summed E-state index contributed by atoms with van der Waals surface area (Å²) in [5, 5.41) is 0.704. The number of hydrogen-bond donors (Lipinski definition) is 2. The van der Waals surface area contributed by atoms with Crippen LogP contribution in [0.2, 0.25) is 5.02 Å². The van der Waals surface area contributed by atoms with Gasteiger partial charge >= 0.3 is 0 Å². The average Bonchev–Trinajstić information content (AvgIpc) is 2.11. The van der Waals surface area contributed by atoms with E-state index in [9.17, 15) is 0 Å². The van der Waals surface area contributed by atoms with Crippen LogP contribution in [-0.4, -0.2) is 6.26 Å². The molecule has 0 aromatic heterocycles. The van der Waals surface area contributed by atoms with Crippen molar-refractivity contribution in [2.24, 2.45) is 5.84 Å². The van der Waals surface area contributed by atoms with Gasteiger partial charge in [-0.15, -0.1) is 0 Å². The van der Waals surface area contributed by atoms with Crippen LogP contribution in [0.1, 0.15) is 5.56 Å². The largest absolute Gasteiger partial charge is 0.324 e. The zero-order valence-electron chi connectivity index (χ0n) is 7.43. The number of nitrogens with one attached hydrogen (secondary N) is 1. The summed E-state index contributed by atoms with van der Waals surface area (Å²) < 4.78 is 0. The first kappa shape index (κ1) is 11.0. The van der Waals surface area contributed by atoms with Crippen molar-refractivity contribution in [3.05, 3.63) is 22.7 Å². The molecule has 0 radical (unpaired) electrons. The maximum Gasteiger partial charge on any atom is 0.0540 e. The van der Waals surface area contributed by atoms with Gasteiger partial charge < -0.3 is 5.43 Å². The summed E-state index contributed by atoms with van der Waals surface area (Å²) in [6.45, 7) is 2.02. The average molecular weight is 235 g/mol. The summed E-state index contributed by atoms with van der Waals surface area (Å²) >= 11 is 5.92. The number of nitrogen functional groups attached to an aromatic ring is 1. The molecule has 0 saturated carbocycles. The van der Waals surface area contributed by atoms with Crippen molar-refractivity contribution in [3.8, 4) is 0 Å². The van der Waals surface area contributed by atoms with Gasteiger partial charge in [0.1, 0.15) is 0 Å². The summed E-state index contributed by atoms with van der Waals surface area (Å²) in [5.41, 5.74) is 4.64. The van der Waals surface area contributed by atoms with Crippen molar-refractivity contribution in [1.29, 1.82) is 0 Å². The van der Waals surface area contributed by atoms with Crippen LogP contribution >= 0.6 is 33.2 Å². The number of rotatable bonds is 3. The molecular weight excluding hydrogens is 224 g/mol. The standard InChI is InChI=1S/C8H11ClN2S2/c1-5-7(11-10)3-6(9)4-8(5)13-12-2/h3-4,11H,10H2,1-2H3. The molecule has 0 aliphatic carbocycles. The molecule has 5 heteroatoms. The van der Waals surface area contributed by atoms with Crippen LogP contribution in [0.25, 0.3) is 0 Å². The second-order valence-electron chi connectivity index (χ2n) is 2.47. The molecule has 1 aromatic rings. The Morgan fingerprint density at radius 3 is 2.69 bits per heavy atom. The van der Waals surface area contributed by atoms with Gasteiger partial charge in [0, 0.05) is 9.92 Å². The third-order valence-corrected chi connectivity index (χ3v) is 3.68. The lowest BCUT2D eigenvalue weighted by Crippen LogP contribution is -2.08. The van der Waals surface area contributed by atoms with Crippen molar-refractivity contribution < 1.29 is 0 Å². The predicted molar refractivity (Wildman–Crippen MR) is 63.4 cm³/mol. The molecule has 0 fully saturated rings. The molecular formula is C8H11ClN2S2. The minimum absolute atomic E-state index is 0.704. The van der Waals surface area contributed by atoms with E-state index in [1.807, 2.05) is 25.3 Å². The minimum Gasteiger partial charge on any atom is -0.324 e.